The van der Waals surface area contributed by atoms with Crippen LogP contribution >= 0.6 is 27.5 Å². The van der Waals surface area contributed by atoms with Crippen LogP contribution in [0.4, 0.5) is 0 Å². The molecule has 1 N–H and O–H groups in total. The minimum absolute atomic E-state index is 0.181. The Labute approximate surface area is 220 Å². The van der Waals surface area contributed by atoms with Gasteiger partial charge in [-0.3, -0.25) is 9.59 Å². The molecule has 0 aliphatic rings. The first kappa shape index (κ1) is 26.8. The second-order valence-corrected chi connectivity index (χ2v) is 9.63. The molecule has 0 aliphatic carbocycles. The lowest BCUT2D eigenvalue weighted by Gasteiger charge is -2.32. The SMILES string of the molecule is CCCNC(=O)[C@@H](Cc1ccccc1)N(Cc1ccccc1C)C(=O)COc1ccc(Br)cc1Cl. The summed E-state index contributed by atoms with van der Waals surface area (Å²) in [6.07, 6.45) is 1.20. The van der Waals surface area contributed by atoms with Crippen molar-refractivity contribution in [1.82, 2.24) is 10.2 Å². The smallest absolute Gasteiger partial charge is 0.261 e. The normalized spacial score (nSPS) is 11.5. The van der Waals surface area contributed by atoms with Crippen molar-refractivity contribution >= 4 is 39.3 Å². The molecule has 35 heavy (non-hydrogen) atoms. The van der Waals surface area contributed by atoms with Crippen LogP contribution in [0, 0.1) is 6.92 Å². The van der Waals surface area contributed by atoms with Crippen molar-refractivity contribution in [2.45, 2.75) is 39.3 Å². The Kier molecular flexibility index (Phi) is 10.2. The number of hydrogen-bond donors (Lipinski definition) is 1. The van der Waals surface area contributed by atoms with E-state index in [4.69, 9.17) is 16.3 Å². The van der Waals surface area contributed by atoms with Gasteiger partial charge < -0.3 is 15.0 Å². The molecule has 1 atom stereocenters. The Morgan fingerprint density at radius 3 is 2.46 bits per heavy atom. The van der Waals surface area contributed by atoms with Crippen molar-refractivity contribution < 1.29 is 14.3 Å². The molecule has 0 saturated carbocycles. The van der Waals surface area contributed by atoms with Gasteiger partial charge in [0.25, 0.3) is 5.91 Å². The average molecular weight is 558 g/mol. The Morgan fingerprint density at radius 2 is 1.77 bits per heavy atom. The third-order valence-corrected chi connectivity index (χ3v) is 6.46. The van der Waals surface area contributed by atoms with E-state index in [1.807, 2.05) is 68.4 Å². The number of benzene rings is 3. The van der Waals surface area contributed by atoms with Gasteiger partial charge in [0.05, 0.1) is 5.02 Å². The van der Waals surface area contributed by atoms with Crippen LogP contribution in [0.25, 0.3) is 0 Å². The Bertz CT molecular complexity index is 1140. The molecular weight excluding hydrogens is 528 g/mol. The summed E-state index contributed by atoms with van der Waals surface area (Å²) in [6, 6.07) is 22.1. The molecule has 3 aromatic carbocycles. The number of carbonyl (C=O) groups is 2. The number of halogens is 2. The molecule has 0 aromatic heterocycles. The minimum atomic E-state index is -0.694. The van der Waals surface area contributed by atoms with E-state index in [0.717, 1.165) is 27.6 Å². The quantitative estimate of drug-likeness (QED) is 0.317. The zero-order chi connectivity index (χ0) is 25.2. The van der Waals surface area contributed by atoms with Gasteiger partial charge in [-0.15, -0.1) is 0 Å². The van der Waals surface area contributed by atoms with Crippen molar-refractivity contribution in [3.8, 4) is 5.75 Å². The van der Waals surface area contributed by atoms with Gasteiger partial charge in [0.15, 0.2) is 6.61 Å². The molecule has 0 spiro atoms. The summed E-state index contributed by atoms with van der Waals surface area (Å²) in [7, 11) is 0. The second kappa shape index (κ2) is 13.3. The van der Waals surface area contributed by atoms with E-state index >= 15 is 0 Å². The molecule has 5 nitrogen and oxygen atoms in total. The van der Waals surface area contributed by atoms with E-state index in [1.54, 1.807) is 23.1 Å². The Balaban J connectivity index is 1.91. The molecule has 3 rings (SSSR count). The van der Waals surface area contributed by atoms with E-state index in [9.17, 15) is 9.59 Å². The van der Waals surface area contributed by atoms with Gasteiger partial charge in [-0.1, -0.05) is 89.1 Å². The molecular formula is C28H30BrClN2O3. The fraction of sp³-hybridized carbons (Fsp3) is 0.286. The summed E-state index contributed by atoms with van der Waals surface area (Å²) >= 11 is 9.65. The average Bonchev–Trinajstić information content (AvgIpc) is 2.85. The number of aryl methyl sites for hydroxylation is 1. The summed E-state index contributed by atoms with van der Waals surface area (Å²) in [4.78, 5) is 28.5. The van der Waals surface area contributed by atoms with Crippen molar-refractivity contribution in [3.63, 3.8) is 0 Å². The second-order valence-electron chi connectivity index (χ2n) is 8.31. The van der Waals surface area contributed by atoms with Crippen LogP contribution in [-0.2, 0) is 22.6 Å². The van der Waals surface area contributed by atoms with Gasteiger partial charge in [-0.05, 0) is 48.2 Å². The van der Waals surface area contributed by atoms with Gasteiger partial charge in [-0.25, -0.2) is 0 Å². The number of carbonyl (C=O) groups excluding carboxylic acids is 2. The highest BCUT2D eigenvalue weighted by molar-refractivity contribution is 9.10. The highest BCUT2D eigenvalue weighted by atomic mass is 79.9. The number of hydrogen-bond acceptors (Lipinski definition) is 3. The lowest BCUT2D eigenvalue weighted by atomic mass is 10.0. The van der Waals surface area contributed by atoms with Gasteiger partial charge in [-0.2, -0.15) is 0 Å². The third kappa shape index (κ3) is 7.84. The number of rotatable bonds is 11. The van der Waals surface area contributed by atoms with Crippen LogP contribution in [0.2, 0.25) is 5.02 Å². The van der Waals surface area contributed by atoms with Gasteiger partial charge in [0.2, 0.25) is 5.91 Å². The highest BCUT2D eigenvalue weighted by Crippen LogP contribution is 2.28. The van der Waals surface area contributed by atoms with Gasteiger partial charge in [0.1, 0.15) is 11.8 Å². The highest BCUT2D eigenvalue weighted by Gasteiger charge is 2.31. The maximum absolute atomic E-state index is 13.6. The molecule has 0 aliphatic heterocycles. The monoisotopic (exact) mass is 556 g/mol. The topological polar surface area (TPSA) is 58.6 Å². The van der Waals surface area contributed by atoms with Crippen LogP contribution < -0.4 is 10.1 Å². The zero-order valence-electron chi connectivity index (χ0n) is 20.0. The van der Waals surface area contributed by atoms with E-state index in [0.29, 0.717) is 30.3 Å². The summed E-state index contributed by atoms with van der Waals surface area (Å²) in [5.74, 6) is -0.0618. The number of nitrogens with zero attached hydrogens (tertiary/aromatic N) is 1. The first-order chi connectivity index (χ1) is 16.9. The standard InChI is InChI=1S/C28H30BrClN2O3/c1-3-15-31-28(34)25(16-21-10-5-4-6-11-21)32(18-22-12-8-7-9-20(22)2)27(33)19-35-26-14-13-23(29)17-24(26)30/h4-14,17,25H,3,15-16,18-19H2,1-2H3,(H,31,34)/t25-/m1/s1. The maximum atomic E-state index is 13.6. The molecule has 0 saturated heterocycles. The molecule has 3 aromatic rings. The third-order valence-electron chi connectivity index (χ3n) is 5.67. The molecule has 0 fully saturated rings. The molecule has 0 radical (unpaired) electrons. The molecule has 7 heteroatoms. The molecule has 0 bridgehead atoms. The Morgan fingerprint density at radius 1 is 1.06 bits per heavy atom. The first-order valence-electron chi connectivity index (χ1n) is 11.6. The molecule has 2 amide bonds. The lowest BCUT2D eigenvalue weighted by molar-refractivity contribution is -0.142. The van der Waals surface area contributed by atoms with Gasteiger partial charge in [0, 0.05) is 24.0 Å². The van der Waals surface area contributed by atoms with E-state index < -0.39 is 6.04 Å². The summed E-state index contributed by atoms with van der Waals surface area (Å²) < 4.78 is 6.61. The predicted octanol–water partition coefficient (Wildman–Crippen LogP) is 5.96. The predicted molar refractivity (Wildman–Crippen MR) is 144 cm³/mol. The van der Waals surface area contributed by atoms with Crippen LogP contribution in [0.5, 0.6) is 5.75 Å². The molecule has 0 unspecified atom stereocenters. The minimum Gasteiger partial charge on any atom is -0.482 e. The van der Waals surface area contributed by atoms with Crippen molar-refractivity contribution in [1.29, 1.82) is 0 Å². The van der Waals surface area contributed by atoms with E-state index in [2.05, 4.69) is 21.2 Å². The van der Waals surface area contributed by atoms with Gasteiger partial charge >= 0.3 is 0 Å². The van der Waals surface area contributed by atoms with Crippen LogP contribution in [0.1, 0.15) is 30.0 Å². The summed E-state index contributed by atoms with van der Waals surface area (Å²) in [6.45, 7) is 4.60. The molecule has 184 valence electrons. The fourth-order valence-electron chi connectivity index (χ4n) is 3.71. The summed E-state index contributed by atoms with van der Waals surface area (Å²) in [5.41, 5.74) is 3.00. The molecule has 0 heterocycles. The van der Waals surface area contributed by atoms with Crippen molar-refractivity contribution in [3.05, 3.63) is 99.0 Å². The summed E-state index contributed by atoms with van der Waals surface area (Å²) in [5, 5.41) is 3.38. The van der Waals surface area contributed by atoms with E-state index in [1.165, 1.54) is 0 Å². The Hall–Kier alpha value is -2.83. The zero-order valence-corrected chi connectivity index (χ0v) is 22.3. The fourth-order valence-corrected chi connectivity index (χ4v) is 4.43. The first-order valence-corrected chi connectivity index (χ1v) is 12.8. The largest absolute Gasteiger partial charge is 0.482 e. The number of nitrogens with one attached hydrogen (secondary N) is 1. The van der Waals surface area contributed by atoms with Crippen molar-refractivity contribution in [2.24, 2.45) is 0 Å². The number of ether oxygens (including phenoxy) is 1. The lowest BCUT2D eigenvalue weighted by Crippen LogP contribution is -2.51. The van der Waals surface area contributed by atoms with Crippen LogP contribution in [-0.4, -0.2) is 35.9 Å². The van der Waals surface area contributed by atoms with Crippen LogP contribution in [0.15, 0.2) is 77.3 Å². The van der Waals surface area contributed by atoms with E-state index in [-0.39, 0.29) is 18.4 Å². The van der Waals surface area contributed by atoms with Crippen LogP contribution in [0.3, 0.4) is 0 Å². The number of amides is 2. The maximum Gasteiger partial charge on any atom is 0.261 e. The van der Waals surface area contributed by atoms with Crippen molar-refractivity contribution in [2.75, 3.05) is 13.2 Å².